The summed E-state index contributed by atoms with van der Waals surface area (Å²) in [5.41, 5.74) is 0.824. The fourth-order valence-electron chi connectivity index (χ4n) is 1.97. The van der Waals surface area contributed by atoms with Crippen LogP contribution < -0.4 is 10.1 Å². The van der Waals surface area contributed by atoms with Crippen molar-refractivity contribution in [3.8, 4) is 5.75 Å². The molecule has 0 aliphatic rings. The van der Waals surface area contributed by atoms with Crippen LogP contribution in [-0.4, -0.2) is 18.3 Å². The lowest BCUT2D eigenvalue weighted by Crippen LogP contribution is -2.28. The lowest BCUT2D eigenvalue weighted by Gasteiger charge is -2.15. The van der Waals surface area contributed by atoms with Gasteiger partial charge >= 0.3 is 6.61 Å². The molecule has 2 rings (SSSR count). The van der Waals surface area contributed by atoms with Gasteiger partial charge in [0.2, 0.25) is 5.91 Å². The summed E-state index contributed by atoms with van der Waals surface area (Å²) < 4.78 is 28.5. The van der Waals surface area contributed by atoms with Gasteiger partial charge in [-0.05, 0) is 36.8 Å². The number of carbonyl (C=O) groups excluding carboxylic acids is 1. The maximum Gasteiger partial charge on any atom is 0.387 e. The fourth-order valence-corrected chi connectivity index (χ4v) is 2.70. The molecule has 0 bridgehead atoms. The Bertz CT molecular complexity index is 620. The lowest BCUT2D eigenvalue weighted by molar-refractivity contribution is -0.119. The number of alkyl halides is 2. The Balaban J connectivity index is 1.83. The van der Waals surface area contributed by atoms with E-state index in [2.05, 4.69) is 10.1 Å². The molecule has 0 saturated heterocycles. The standard InChI is InChI=1S/C17H17F2NO2S/c1-12(13-7-9-14(10-8-13)22-17(18)19)20-16(21)11-23-15-5-3-2-4-6-15/h2-10,12,17H,11H2,1H3,(H,20,21). The van der Waals surface area contributed by atoms with Gasteiger partial charge in [-0.3, -0.25) is 4.79 Å². The summed E-state index contributed by atoms with van der Waals surface area (Å²) in [6.07, 6.45) is 0. The number of rotatable bonds is 7. The van der Waals surface area contributed by atoms with Gasteiger partial charge in [0.1, 0.15) is 5.75 Å². The summed E-state index contributed by atoms with van der Waals surface area (Å²) in [6, 6.07) is 15.7. The first-order valence-electron chi connectivity index (χ1n) is 7.06. The molecule has 0 fully saturated rings. The first-order valence-corrected chi connectivity index (χ1v) is 8.05. The molecular formula is C17H17F2NO2S. The zero-order valence-electron chi connectivity index (χ0n) is 12.5. The van der Waals surface area contributed by atoms with Gasteiger partial charge in [-0.25, -0.2) is 0 Å². The second kappa shape index (κ2) is 8.53. The quantitative estimate of drug-likeness (QED) is 0.767. The van der Waals surface area contributed by atoms with Crippen molar-refractivity contribution in [2.75, 3.05) is 5.75 Å². The first kappa shape index (κ1) is 17.3. The van der Waals surface area contributed by atoms with Crippen LogP contribution in [0.15, 0.2) is 59.5 Å². The van der Waals surface area contributed by atoms with E-state index in [0.29, 0.717) is 5.75 Å². The van der Waals surface area contributed by atoms with Gasteiger partial charge in [0.25, 0.3) is 0 Å². The van der Waals surface area contributed by atoms with Crippen molar-refractivity contribution in [1.29, 1.82) is 0 Å². The van der Waals surface area contributed by atoms with Gasteiger partial charge in [-0.15, -0.1) is 11.8 Å². The maximum absolute atomic E-state index is 12.1. The number of hydrogen-bond donors (Lipinski definition) is 1. The number of carbonyl (C=O) groups is 1. The normalized spacial score (nSPS) is 12.0. The fraction of sp³-hybridized carbons (Fsp3) is 0.235. The van der Waals surface area contributed by atoms with Crippen molar-refractivity contribution in [2.45, 2.75) is 24.5 Å². The molecule has 1 unspecified atom stereocenters. The number of amides is 1. The summed E-state index contributed by atoms with van der Waals surface area (Å²) >= 11 is 1.46. The van der Waals surface area contributed by atoms with Crippen LogP contribution in [0.4, 0.5) is 8.78 Å². The van der Waals surface area contributed by atoms with Crippen LogP contribution in [0.2, 0.25) is 0 Å². The van der Waals surface area contributed by atoms with Crippen molar-refractivity contribution >= 4 is 17.7 Å². The molecule has 1 N–H and O–H groups in total. The molecule has 23 heavy (non-hydrogen) atoms. The molecule has 0 aromatic heterocycles. The zero-order valence-corrected chi connectivity index (χ0v) is 13.4. The predicted octanol–water partition coefficient (Wildman–Crippen LogP) is 4.26. The summed E-state index contributed by atoms with van der Waals surface area (Å²) in [7, 11) is 0. The molecule has 1 amide bonds. The number of nitrogens with one attached hydrogen (secondary N) is 1. The van der Waals surface area contributed by atoms with Gasteiger partial charge in [0, 0.05) is 4.90 Å². The van der Waals surface area contributed by atoms with Crippen molar-refractivity contribution in [1.82, 2.24) is 5.32 Å². The van der Waals surface area contributed by atoms with E-state index in [-0.39, 0.29) is 17.7 Å². The second-order valence-electron chi connectivity index (χ2n) is 4.84. The van der Waals surface area contributed by atoms with Gasteiger partial charge in [0.15, 0.2) is 0 Å². The molecule has 0 aliphatic carbocycles. The average molecular weight is 337 g/mol. The molecule has 0 heterocycles. The van der Waals surface area contributed by atoms with Crippen LogP contribution in [0.25, 0.3) is 0 Å². The number of ether oxygens (including phenoxy) is 1. The van der Waals surface area contributed by atoms with Gasteiger partial charge in [0.05, 0.1) is 11.8 Å². The van der Waals surface area contributed by atoms with E-state index < -0.39 is 6.61 Å². The SMILES string of the molecule is CC(NC(=O)CSc1ccccc1)c1ccc(OC(F)F)cc1. The monoisotopic (exact) mass is 337 g/mol. The Labute approximate surface area is 138 Å². The molecule has 2 aromatic carbocycles. The van der Waals surface area contributed by atoms with Crippen LogP contribution in [0.1, 0.15) is 18.5 Å². The molecule has 3 nitrogen and oxygen atoms in total. The van der Waals surface area contributed by atoms with Crippen molar-refractivity contribution < 1.29 is 18.3 Å². The van der Waals surface area contributed by atoms with Crippen LogP contribution in [-0.2, 0) is 4.79 Å². The van der Waals surface area contributed by atoms with Gasteiger partial charge < -0.3 is 10.1 Å². The third-order valence-corrected chi connectivity index (χ3v) is 4.11. The molecule has 122 valence electrons. The minimum absolute atomic E-state index is 0.0840. The van der Waals surface area contributed by atoms with E-state index in [1.54, 1.807) is 12.1 Å². The van der Waals surface area contributed by atoms with Crippen molar-refractivity contribution in [3.63, 3.8) is 0 Å². The molecular weight excluding hydrogens is 320 g/mol. The predicted molar refractivity (Wildman–Crippen MR) is 86.8 cm³/mol. The van der Waals surface area contributed by atoms with Gasteiger partial charge in [-0.2, -0.15) is 8.78 Å². The van der Waals surface area contributed by atoms with Crippen LogP contribution in [0.5, 0.6) is 5.75 Å². The minimum atomic E-state index is -2.84. The Kier molecular flexibility index (Phi) is 6.40. The smallest absolute Gasteiger partial charge is 0.387 e. The highest BCUT2D eigenvalue weighted by Crippen LogP contribution is 2.20. The third-order valence-electron chi connectivity index (χ3n) is 3.10. The molecule has 0 radical (unpaired) electrons. The third kappa shape index (κ3) is 5.90. The summed E-state index contributed by atoms with van der Waals surface area (Å²) in [4.78, 5) is 13.0. The Hall–Kier alpha value is -2.08. The highest BCUT2D eigenvalue weighted by Gasteiger charge is 2.11. The van der Waals surface area contributed by atoms with Gasteiger partial charge in [-0.1, -0.05) is 30.3 Å². The average Bonchev–Trinajstić information content (AvgIpc) is 2.54. The Morgan fingerprint density at radius 2 is 1.78 bits per heavy atom. The summed E-state index contributed by atoms with van der Waals surface area (Å²) in [6.45, 7) is -0.998. The highest BCUT2D eigenvalue weighted by atomic mass is 32.2. The van der Waals surface area contributed by atoms with E-state index in [1.165, 1.54) is 23.9 Å². The molecule has 1 atom stereocenters. The lowest BCUT2D eigenvalue weighted by atomic mass is 10.1. The van der Waals surface area contributed by atoms with E-state index in [9.17, 15) is 13.6 Å². The molecule has 6 heteroatoms. The number of thioether (sulfide) groups is 1. The zero-order chi connectivity index (χ0) is 16.7. The number of halogens is 2. The molecule has 0 aliphatic heterocycles. The van der Waals surface area contributed by atoms with Crippen LogP contribution >= 0.6 is 11.8 Å². The Morgan fingerprint density at radius 3 is 2.39 bits per heavy atom. The molecule has 2 aromatic rings. The first-order chi connectivity index (χ1) is 11.0. The van der Waals surface area contributed by atoms with Crippen molar-refractivity contribution in [2.24, 2.45) is 0 Å². The number of hydrogen-bond acceptors (Lipinski definition) is 3. The number of benzene rings is 2. The van der Waals surface area contributed by atoms with E-state index in [0.717, 1.165) is 10.5 Å². The largest absolute Gasteiger partial charge is 0.435 e. The summed E-state index contributed by atoms with van der Waals surface area (Å²) in [5.74, 6) is 0.335. The topological polar surface area (TPSA) is 38.3 Å². The maximum atomic E-state index is 12.1. The summed E-state index contributed by atoms with van der Waals surface area (Å²) in [5, 5.41) is 2.88. The molecule has 0 saturated carbocycles. The van der Waals surface area contributed by atoms with Crippen molar-refractivity contribution in [3.05, 3.63) is 60.2 Å². The van der Waals surface area contributed by atoms with E-state index in [1.807, 2.05) is 37.3 Å². The van der Waals surface area contributed by atoms with E-state index >= 15 is 0 Å². The minimum Gasteiger partial charge on any atom is -0.435 e. The van der Waals surface area contributed by atoms with Crippen LogP contribution in [0.3, 0.4) is 0 Å². The molecule has 0 spiro atoms. The van der Waals surface area contributed by atoms with E-state index in [4.69, 9.17) is 0 Å². The highest BCUT2D eigenvalue weighted by molar-refractivity contribution is 8.00. The second-order valence-corrected chi connectivity index (χ2v) is 5.89. The Morgan fingerprint density at radius 1 is 1.13 bits per heavy atom. The van der Waals surface area contributed by atoms with Crippen LogP contribution in [0, 0.1) is 0 Å².